The molecule has 1 aromatic carbocycles. The van der Waals surface area contributed by atoms with E-state index in [1.807, 2.05) is 50.2 Å². The maximum Gasteiger partial charge on any atom is 0.274 e. The Morgan fingerprint density at radius 3 is 2.77 bits per heavy atom. The number of hydrogen-bond acceptors (Lipinski definition) is 5. The van der Waals surface area contributed by atoms with E-state index in [1.165, 1.54) is 0 Å². The lowest BCUT2D eigenvalue weighted by atomic mass is 10.1. The molecule has 1 atom stereocenters. The van der Waals surface area contributed by atoms with E-state index in [-0.39, 0.29) is 17.9 Å². The number of ether oxygens (including phenoxy) is 2. The molecule has 2 amide bonds. The smallest absolute Gasteiger partial charge is 0.274 e. The number of pyridine rings is 1. The van der Waals surface area contributed by atoms with Crippen LogP contribution >= 0.6 is 0 Å². The predicted molar refractivity (Wildman–Crippen MR) is 114 cm³/mol. The second-order valence-electron chi connectivity index (χ2n) is 7.45. The minimum atomic E-state index is -0.710. The number of aromatic nitrogens is 1. The van der Waals surface area contributed by atoms with Gasteiger partial charge in [0, 0.05) is 37.9 Å². The van der Waals surface area contributed by atoms with Gasteiger partial charge in [-0.2, -0.15) is 0 Å². The van der Waals surface area contributed by atoms with E-state index in [2.05, 4.69) is 10.3 Å². The van der Waals surface area contributed by atoms with Gasteiger partial charge in [-0.15, -0.1) is 0 Å². The lowest BCUT2D eigenvalue weighted by Crippen LogP contribution is -2.42. The van der Waals surface area contributed by atoms with E-state index in [4.69, 9.17) is 9.47 Å². The zero-order valence-electron chi connectivity index (χ0n) is 17.5. The number of anilines is 1. The molecule has 0 spiro atoms. The highest BCUT2D eigenvalue weighted by atomic mass is 16.5. The van der Waals surface area contributed by atoms with E-state index >= 15 is 0 Å². The first-order chi connectivity index (χ1) is 14.6. The molecule has 0 radical (unpaired) electrons. The first-order valence-electron chi connectivity index (χ1n) is 10.4. The van der Waals surface area contributed by atoms with Crippen molar-refractivity contribution in [2.24, 2.45) is 0 Å². The topological polar surface area (TPSA) is 80.8 Å². The largest absolute Gasteiger partial charge is 0.472 e. The Labute approximate surface area is 177 Å². The molecule has 1 aliphatic heterocycles. The third-order valence-corrected chi connectivity index (χ3v) is 4.72. The minimum Gasteiger partial charge on any atom is -0.472 e. The molecule has 0 bridgehead atoms. The summed E-state index contributed by atoms with van der Waals surface area (Å²) in [6.07, 6.45) is 2.78. The van der Waals surface area contributed by atoms with E-state index in [0.29, 0.717) is 44.1 Å². The lowest BCUT2D eigenvalue weighted by molar-refractivity contribution is -0.127. The SMILES string of the molecule is CC(C)OCCCNC(=O)CCCN1C(=O)C(c2ccccc2)Oc2cccnc21. The Morgan fingerprint density at radius 2 is 2.00 bits per heavy atom. The molecule has 0 saturated carbocycles. The van der Waals surface area contributed by atoms with Gasteiger partial charge in [-0.3, -0.25) is 14.5 Å². The number of carbonyl (C=O) groups excluding carboxylic acids is 2. The highest BCUT2D eigenvalue weighted by Crippen LogP contribution is 2.37. The highest BCUT2D eigenvalue weighted by molar-refractivity contribution is 5.99. The van der Waals surface area contributed by atoms with E-state index < -0.39 is 6.10 Å². The van der Waals surface area contributed by atoms with Crippen LogP contribution in [0.5, 0.6) is 5.75 Å². The molecule has 2 heterocycles. The Bertz CT molecular complexity index is 841. The maximum atomic E-state index is 13.1. The summed E-state index contributed by atoms with van der Waals surface area (Å²) in [6.45, 7) is 5.59. The standard InChI is InChI=1S/C23H29N3O4/c1-17(2)29-16-8-14-24-20(27)12-7-15-26-22-19(11-6-13-25-22)30-21(23(26)28)18-9-4-3-5-10-18/h3-6,9-11,13,17,21H,7-8,12,14-16H2,1-2H3,(H,24,27). The zero-order valence-corrected chi connectivity index (χ0v) is 17.5. The van der Waals surface area contributed by atoms with Gasteiger partial charge in [0.1, 0.15) is 0 Å². The molecule has 7 nitrogen and oxygen atoms in total. The zero-order chi connectivity index (χ0) is 21.3. The fourth-order valence-electron chi connectivity index (χ4n) is 3.26. The molecular weight excluding hydrogens is 382 g/mol. The normalized spacial score (nSPS) is 15.6. The van der Waals surface area contributed by atoms with Crippen molar-refractivity contribution in [2.75, 3.05) is 24.6 Å². The molecule has 160 valence electrons. The Morgan fingerprint density at radius 1 is 1.20 bits per heavy atom. The van der Waals surface area contributed by atoms with Gasteiger partial charge in [0.25, 0.3) is 5.91 Å². The second kappa shape index (κ2) is 10.7. The Kier molecular flexibility index (Phi) is 7.79. The van der Waals surface area contributed by atoms with Gasteiger partial charge in [0.2, 0.25) is 12.0 Å². The molecule has 0 fully saturated rings. The van der Waals surface area contributed by atoms with E-state index in [9.17, 15) is 9.59 Å². The summed E-state index contributed by atoms with van der Waals surface area (Å²) in [6, 6.07) is 13.0. The third kappa shape index (κ3) is 5.79. The van der Waals surface area contributed by atoms with E-state index in [1.54, 1.807) is 17.2 Å². The van der Waals surface area contributed by atoms with Crippen LogP contribution < -0.4 is 15.0 Å². The second-order valence-corrected chi connectivity index (χ2v) is 7.45. The van der Waals surface area contributed by atoms with Crippen molar-refractivity contribution < 1.29 is 19.1 Å². The summed E-state index contributed by atoms with van der Waals surface area (Å²) in [7, 11) is 0. The minimum absolute atomic E-state index is 0.0268. The van der Waals surface area contributed by atoms with Gasteiger partial charge in [0.15, 0.2) is 11.6 Å². The fourth-order valence-corrected chi connectivity index (χ4v) is 3.26. The van der Waals surface area contributed by atoms with Gasteiger partial charge in [-0.25, -0.2) is 4.98 Å². The van der Waals surface area contributed by atoms with Gasteiger partial charge < -0.3 is 14.8 Å². The van der Waals surface area contributed by atoms with Crippen LogP contribution in [0.15, 0.2) is 48.7 Å². The number of carbonyl (C=O) groups is 2. The molecule has 1 aliphatic rings. The number of rotatable bonds is 10. The molecule has 7 heteroatoms. The van der Waals surface area contributed by atoms with Crippen LogP contribution in [0.25, 0.3) is 0 Å². The molecular formula is C23H29N3O4. The van der Waals surface area contributed by atoms with Gasteiger partial charge in [-0.1, -0.05) is 30.3 Å². The number of fused-ring (bicyclic) bond motifs is 1. The first-order valence-corrected chi connectivity index (χ1v) is 10.4. The number of nitrogens with zero attached hydrogens (tertiary/aromatic N) is 2. The van der Waals surface area contributed by atoms with Crippen LogP contribution in [-0.2, 0) is 14.3 Å². The van der Waals surface area contributed by atoms with E-state index in [0.717, 1.165) is 12.0 Å². The third-order valence-electron chi connectivity index (χ3n) is 4.72. The molecule has 1 N–H and O–H groups in total. The van der Waals surface area contributed by atoms with Gasteiger partial charge in [0.05, 0.1) is 6.10 Å². The van der Waals surface area contributed by atoms with Crippen molar-refractivity contribution in [3.8, 4) is 5.75 Å². The molecule has 0 aliphatic carbocycles. The molecule has 0 saturated heterocycles. The van der Waals surface area contributed by atoms with Gasteiger partial charge in [-0.05, 0) is 38.8 Å². The summed E-state index contributed by atoms with van der Waals surface area (Å²) < 4.78 is 11.4. The molecule has 2 aromatic rings. The fraction of sp³-hybridized carbons (Fsp3) is 0.435. The summed E-state index contributed by atoms with van der Waals surface area (Å²) in [5.41, 5.74) is 0.795. The highest BCUT2D eigenvalue weighted by Gasteiger charge is 2.36. The van der Waals surface area contributed by atoms with Crippen LogP contribution in [0.3, 0.4) is 0 Å². The average Bonchev–Trinajstić information content (AvgIpc) is 2.75. The van der Waals surface area contributed by atoms with Crippen molar-refractivity contribution in [2.45, 2.75) is 45.3 Å². The van der Waals surface area contributed by atoms with Crippen molar-refractivity contribution in [3.05, 3.63) is 54.2 Å². The van der Waals surface area contributed by atoms with Crippen LogP contribution in [0.1, 0.15) is 44.8 Å². The van der Waals surface area contributed by atoms with Crippen LogP contribution in [0.2, 0.25) is 0 Å². The van der Waals surface area contributed by atoms with Crippen LogP contribution in [-0.4, -0.2) is 42.6 Å². The number of hydrogen-bond donors (Lipinski definition) is 1. The molecule has 1 aromatic heterocycles. The number of benzene rings is 1. The molecule has 1 unspecified atom stereocenters. The van der Waals surface area contributed by atoms with Crippen molar-refractivity contribution in [3.63, 3.8) is 0 Å². The van der Waals surface area contributed by atoms with Crippen molar-refractivity contribution in [1.82, 2.24) is 10.3 Å². The predicted octanol–water partition coefficient (Wildman–Crippen LogP) is 3.26. The molecule has 30 heavy (non-hydrogen) atoms. The Balaban J connectivity index is 1.55. The quantitative estimate of drug-likeness (QED) is 0.607. The summed E-state index contributed by atoms with van der Waals surface area (Å²) in [5, 5.41) is 2.90. The lowest BCUT2D eigenvalue weighted by Gasteiger charge is -2.33. The average molecular weight is 412 g/mol. The monoisotopic (exact) mass is 411 g/mol. The maximum absolute atomic E-state index is 13.1. The Hall–Kier alpha value is -2.93. The van der Waals surface area contributed by atoms with Crippen LogP contribution in [0.4, 0.5) is 5.82 Å². The summed E-state index contributed by atoms with van der Waals surface area (Å²) >= 11 is 0. The molecule has 3 rings (SSSR count). The van der Waals surface area contributed by atoms with Crippen molar-refractivity contribution >= 4 is 17.6 Å². The summed E-state index contributed by atoms with van der Waals surface area (Å²) in [4.78, 5) is 31.2. The van der Waals surface area contributed by atoms with Crippen molar-refractivity contribution in [1.29, 1.82) is 0 Å². The first kappa shape index (κ1) is 21.8. The van der Waals surface area contributed by atoms with Gasteiger partial charge >= 0.3 is 0 Å². The van der Waals surface area contributed by atoms with Crippen LogP contribution in [0, 0.1) is 0 Å². The number of nitrogens with one attached hydrogen (secondary N) is 1. The summed E-state index contributed by atoms with van der Waals surface area (Å²) in [5.74, 6) is 0.876. The number of amides is 2.